The number of hydrogen-bond donors (Lipinski definition) is 1. The fraction of sp³-hybridized carbons (Fsp3) is 0.619. The fourth-order valence-corrected chi connectivity index (χ4v) is 3.56. The second-order valence-electron chi connectivity index (χ2n) is 8.07. The predicted molar refractivity (Wildman–Crippen MR) is 114 cm³/mol. The standard InChI is InChI=1S/C21H31N5O3/c1-5-9-25(12-11-24(3)4)20(28)15-13-16(14-7-8-14)22-18-17(15)19(27)23-21(29)26(18)10-6-2/h13-14H,5-12H2,1-4H3,(H,23,27,29). The van der Waals surface area contributed by atoms with Crippen LogP contribution >= 0.6 is 0 Å². The number of aryl methyl sites for hydroxylation is 1. The van der Waals surface area contributed by atoms with Gasteiger partial charge in [-0.15, -0.1) is 0 Å². The minimum absolute atomic E-state index is 0.171. The molecule has 0 aromatic carbocycles. The van der Waals surface area contributed by atoms with Gasteiger partial charge >= 0.3 is 5.69 Å². The van der Waals surface area contributed by atoms with Gasteiger partial charge in [-0.3, -0.25) is 19.1 Å². The lowest BCUT2D eigenvalue weighted by molar-refractivity contribution is 0.0746. The molecule has 1 fully saturated rings. The van der Waals surface area contributed by atoms with Gasteiger partial charge in [0, 0.05) is 37.8 Å². The van der Waals surface area contributed by atoms with Crippen LogP contribution in [0.3, 0.4) is 0 Å². The average Bonchev–Trinajstić information content (AvgIpc) is 3.52. The smallest absolute Gasteiger partial charge is 0.329 e. The van der Waals surface area contributed by atoms with Crippen molar-refractivity contribution >= 4 is 16.9 Å². The number of aromatic nitrogens is 3. The van der Waals surface area contributed by atoms with Crippen molar-refractivity contribution in [2.45, 2.75) is 52.0 Å². The highest BCUT2D eigenvalue weighted by atomic mass is 16.2. The molecule has 0 spiro atoms. The highest BCUT2D eigenvalue weighted by Crippen LogP contribution is 2.40. The van der Waals surface area contributed by atoms with Gasteiger partial charge in [0.1, 0.15) is 0 Å². The van der Waals surface area contributed by atoms with Crippen LogP contribution in [0.4, 0.5) is 0 Å². The summed E-state index contributed by atoms with van der Waals surface area (Å²) in [4.78, 5) is 49.5. The Morgan fingerprint density at radius 3 is 2.48 bits per heavy atom. The molecule has 2 aromatic heterocycles. The second-order valence-corrected chi connectivity index (χ2v) is 8.07. The number of fused-ring (bicyclic) bond motifs is 1. The number of carbonyl (C=O) groups is 1. The summed E-state index contributed by atoms with van der Waals surface area (Å²) >= 11 is 0. The first-order valence-corrected chi connectivity index (χ1v) is 10.5. The molecule has 0 radical (unpaired) electrons. The van der Waals surface area contributed by atoms with E-state index in [9.17, 15) is 14.4 Å². The van der Waals surface area contributed by atoms with E-state index >= 15 is 0 Å². The number of hydrogen-bond acceptors (Lipinski definition) is 5. The van der Waals surface area contributed by atoms with Crippen molar-refractivity contribution in [1.29, 1.82) is 0 Å². The Kier molecular flexibility index (Phi) is 6.52. The average molecular weight is 402 g/mol. The lowest BCUT2D eigenvalue weighted by atomic mass is 10.1. The zero-order valence-corrected chi connectivity index (χ0v) is 17.8. The van der Waals surface area contributed by atoms with E-state index in [0.717, 1.165) is 37.9 Å². The van der Waals surface area contributed by atoms with Crippen molar-refractivity contribution in [3.05, 3.63) is 38.2 Å². The van der Waals surface area contributed by atoms with Crippen LogP contribution in [0.1, 0.15) is 61.5 Å². The number of amides is 1. The lowest BCUT2D eigenvalue weighted by Crippen LogP contribution is -2.38. The van der Waals surface area contributed by atoms with Crippen LogP contribution in [-0.2, 0) is 6.54 Å². The van der Waals surface area contributed by atoms with Gasteiger partial charge in [0.15, 0.2) is 5.65 Å². The Balaban J connectivity index is 2.19. The Morgan fingerprint density at radius 1 is 1.17 bits per heavy atom. The van der Waals surface area contributed by atoms with E-state index in [2.05, 4.69) is 9.97 Å². The quantitative estimate of drug-likeness (QED) is 0.692. The number of carbonyl (C=O) groups excluding carboxylic acids is 1. The van der Waals surface area contributed by atoms with E-state index < -0.39 is 11.2 Å². The SMILES string of the molecule is CCCN(CCN(C)C)C(=O)c1cc(C2CC2)nc2c1c(=O)[nH]c(=O)n2CCC. The molecule has 0 atom stereocenters. The predicted octanol–water partition coefficient (Wildman–Crippen LogP) is 1.79. The van der Waals surface area contributed by atoms with Crippen LogP contribution in [-0.4, -0.2) is 64.0 Å². The van der Waals surface area contributed by atoms with Crippen molar-refractivity contribution in [2.75, 3.05) is 33.7 Å². The van der Waals surface area contributed by atoms with E-state index in [1.54, 1.807) is 11.0 Å². The molecule has 2 heterocycles. The molecule has 29 heavy (non-hydrogen) atoms. The molecule has 8 heteroatoms. The van der Waals surface area contributed by atoms with Gasteiger partial charge in [0.2, 0.25) is 0 Å². The monoisotopic (exact) mass is 401 g/mol. The first-order valence-electron chi connectivity index (χ1n) is 10.5. The van der Waals surface area contributed by atoms with Gasteiger partial charge in [-0.05, 0) is 45.8 Å². The molecule has 0 unspecified atom stereocenters. The van der Waals surface area contributed by atoms with Gasteiger partial charge in [0.25, 0.3) is 11.5 Å². The molecule has 158 valence electrons. The van der Waals surface area contributed by atoms with Crippen molar-refractivity contribution in [1.82, 2.24) is 24.3 Å². The molecule has 1 aliphatic carbocycles. The van der Waals surface area contributed by atoms with Crippen LogP contribution in [0.2, 0.25) is 0 Å². The first kappa shape index (κ1) is 21.2. The van der Waals surface area contributed by atoms with E-state index in [0.29, 0.717) is 36.8 Å². The van der Waals surface area contributed by atoms with Gasteiger partial charge in [-0.25, -0.2) is 9.78 Å². The minimum Gasteiger partial charge on any atom is -0.337 e. The number of likely N-dealkylation sites (N-methyl/N-ethyl adjacent to an activating group) is 1. The van der Waals surface area contributed by atoms with Gasteiger partial charge in [0.05, 0.1) is 10.9 Å². The summed E-state index contributed by atoms with van der Waals surface area (Å²) in [6.45, 7) is 6.37. The van der Waals surface area contributed by atoms with Crippen LogP contribution in [0.15, 0.2) is 15.7 Å². The Morgan fingerprint density at radius 2 is 1.90 bits per heavy atom. The van der Waals surface area contributed by atoms with E-state index in [1.807, 2.05) is 32.8 Å². The van der Waals surface area contributed by atoms with E-state index in [-0.39, 0.29) is 11.3 Å². The van der Waals surface area contributed by atoms with Crippen molar-refractivity contribution in [3.63, 3.8) is 0 Å². The van der Waals surface area contributed by atoms with Gasteiger partial charge in [-0.2, -0.15) is 0 Å². The Hall–Kier alpha value is -2.48. The number of pyridine rings is 1. The van der Waals surface area contributed by atoms with E-state index in [1.165, 1.54) is 4.57 Å². The summed E-state index contributed by atoms with van der Waals surface area (Å²) in [6, 6.07) is 1.77. The number of rotatable bonds is 9. The number of nitrogens with one attached hydrogen (secondary N) is 1. The number of nitrogens with zero attached hydrogens (tertiary/aromatic N) is 4. The maximum absolute atomic E-state index is 13.5. The lowest BCUT2D eigenvalue weighted by Gasteiger charge is -2.25. The van der Waals surface area contributed by atoms with Crippen molar-refractivity contribution in [3.8, 4) is 0 Å². The van der Waals surface area contributed by atoms with Crippen LogP contribution < -0.4 is 11.2 Å². The maximum atomic E-state index is 13.5. The molecule has 1 amide bonds. The third-order valence-corrected chi connectivity index (χ3v) is 5.24. The third-order valence-electron chi connectivity index (χ3n) is 5.24. The largest absolute Gasteiger partial charge is 0.337 e. The summed E-state index contributed by atoms with van der Waals surface area (Å²) in [7, 11) is 3.94. The Bertz CT molecular complexity index is 1000. The second kappa shape index (κ2) is 8.90. The first-order chi connectivity index (χ1) is 13.9. The molecule has 1 aliphatic rings. The zero-order valence-electron chi connectivity index (χ0n) is 17.8. The topological polar surface area (TPSA) is 91.3 Å². The third kappa shape index (κ3) is 4.58. The van der Waals surface area contributed by atoms with E-state index in [4.69, 9.17) is 0 Å². The molecule has 1 saturated carbocycles. The van der Waals surface area contributed by atoms with Gasteiger partial charge < -0.3 is 9.80 Å². The molecular formula is C21H31N5O3. The highest BCUT2D eigenvalue weighted by molar-refractivity contribution is 6.05. The minimum atomic E-state index is -0.542. The number of H-pyrrole nitrogens is 1. The fourth-order valence-electron chi connectivity index (χ4n) is 3.56. The van der Waals surface area contributed by atoms with Gasteiger partial charge in [-0.1, -0.05) is 13.8 Å². The summed E-state index contributed by atoms with van der Waals surface area (Å²) in [5, 5.41) is 0.221. The molecule has 0 aliphatic heterocycles. The molecule has 3 rings (SSSR count). The molecule has 0 bridgehead atoms. The van der Waals surface area contributed by atoms with Crippen LogP contribution in [0.25, 0.3) is 11.0 Å². The normalized spacial score (nSPS) is 14.0. The summed E-state index contributed by atoms with van der Waals surface area (Å²) < 4.78 is 1.49. The number of aromatic amines is 1. The zero-order chi connectivity index (χ0) is 21.1. The highest BCUT2D eigenvalue weighted by Gasteiger charge is 2.29. The molecule has 1 N–H and O–H groups in total. The van der Waals surface area contributed by atoms with Crippen molar-refractivity contribution < 1.29 is 4.79 Å². The summed E-state index contributed by atoms with van der Waals surface area (Å²) in [6.07, 6.45) is 3.60. The van der Waals surface area contributed by atoms with Crippen LogP contribution in [0.5, 0.6) is 0 Å². The molecule has 8 nitrogen and oxygen atoms in total. The summed E-state index contributed by atoms with van der Waals surface area (Å²) in [5.41, 5.74) is 0.480. The molecule has 0 saturated heterocycles. The Labute approximate surface area is 170 Å². The van der Waals surface area contributed by atoms with Crippen molar-refractivity contribution in [2.24, 2.45) is 0 Å². The maximum Gasteiger partial charge on any atom is 0.329 e. The molecular weight excluding hydrogens is 370 g/mol. The molecule has 2 aromatic rings. The van der Waals surface area contributed by atoms with Crippen LogP contribution in [0, 0.1) is 0 Å². The summed E-state index contributed by atoms with van der Waals surface area (Å²) in [5.74, 6) is 0.131.